The van der Waals surface area contributed by atoms with Crippen LogP contribution in [0.5, 0.6) is 0 Å². The van der Waals surface area contributed by atoms with E-state index < -0.39 is 29.9 Å². The van der Waals surface area contributed by atoms with Crippen LogP contribution in [0.3, 0.4) is 0 Å². The number of aliphatic hydroxyl groups is 1. The van der Waals surface area contributed by atoms with Gasteiger partial charge in [0.25, 0.3) is 0 Å². The van der Waals surface area contributed by atoms with E-state index in [1.165, 1.54) is 19.3 Å². The second kappa shape index (κ2) is 16.8. The van der Waals surface area contributed by atoms with Crippen molar-refractivity contribution in [2.45, 2.75) is 117 Å². The maximum atomic E-state index is 11.7. The maximum absolute atomic E-state index is 11.7. The van der Waals surface area contributed by atoms with Crippen molar-refractivity contribution in [2.24, 2.45) is 17.8 Å². The Hall–Kier alpha value is -1.10. The van der Waals surface area contributed by atoms with Gasteiger partial charge in [-0.15, -0.1) is 0 Å². The van der Waals surface area contributed by atoms with Gasteiger partial charge in [0.2, 0.25) is 0 Å². The molecule has 4 atom stereocenters. The van der Waals surface area contributed by atoms with Gasteiger partial charge in [-0.05, 0) is 25.2 Å². The fourth-order valence-electron chi connectivity index (χ4n) is 3.94. The van der Waals surface area contributed by atoms with Crippen LogP contribution >= 0.6 is 0 Å². The van der Waals surface area contributed by atoms with Crippen LogP contribution in [0.15, 0.2) is 0 Å². The fraction of sp³-hybridized carbons (Fsp3) is 0.913. The molecule has 5 nitrogen and oxygen atoms in total. The number of carboxylic acid groups (broad SMARTS) is 2. The summed E-state index contributed by atoms with van der Waals surface area (Å²) in [5, 5.41) is 29.5. The molecule has 0 amide bonds. The van der Waals surface area contributed by atoms with Crippen LogP contribution in [-0.4, -0.2) is 33.4 Å². The molecular weight excluding hydrogens is 356 g/mol. The summed E-state index contributed by atoms with van der Waals surface area (Å²) >= 11 is 0. The van der Waals surface area contributed by atoms with Gasteiger partial charge in [-0.25, -0.2) is 0 Å². The first-order valence-electron chi connectivity index (χ1n) is 11.5. The number of rotatable bonds is 19. The Labute approximate surface area is 171 Å². The Balaban J connectivity index is 4.51. The number of unbranched alkanes of at least 4 members (excludes halogenated alkanes) is 9. The van der Waals surface area contributed by atoms with Crippen molar-refractivity contribution in [3.8, 4) is 0 Å². The molecule has 5 heteroatoms. The molecule has 0 aliphatic rings. The molecule has 0 spiro atoms. The summed E-state index contributed by atoms with van der Waals surface area (Å²) in [5.41, 5.74) is 0. The molecule has 0 fully saturated rings. The van der Waals surface area contributed by atoms with Gasteiger partial charge >= 0.3 is 11.9 Å². The molecule has 0 aromatic carbocycles. The molecule has 0 saturated carbocycles. The van der Waals surface area contributed by atoms with E-state index in [0.717, 1.165) is 51.4 Å². The summed E-state index contributed by atoms with van der Waals surface area (Å²) in [5.74, 6) is -3.54. The highest BCUT2D eigenvalue weighted by Crippen LogP contribution is 2.29. The van der Waals surface area contributed by atoms with Crippen LogP contribution in [-0.2, 0) is 9.59 Å². The first-order chi connectivity index (χ1) is 13.3. The van der Waals surface area contributed by atoms with Crippen LogP contribution in [0.4, 0.5) is 0 Å². The molecular formula is C23H44O5. The van der Waals surface area contributed by atoms with Crippen molar-refractivity contribution < 1.29 is 24.9 Å². The van der Waals surface area contributed by atoms with Crippen LogP contribution in [0.2, 0.25) is 0 Å². The number of aliphatic carboxylic acids is 2. The highest BCUT2D eigenvalue weighted by atomic mass is 16.4. The SMILES string of the molecule is CCCCCCCC[C@H](C(=O)O)C(C)CC(C(=O)O)C(O)CCCCCCC. The molecule has 28 heavy (non-hydrogen) atoms. The van der Waals surface area contributed by atoms with Crippen molar-refractivity contribution in [2.75, 3.05) is 0 Å². The third-order valence-electron chi connectivity index (χ3n) is 5.88. The van der Waals surface area contributed by atoms with E-state index in [9.17, 15) is 24.9 Å². The molecule has 0 heterocycles. The first-order valence-corrected chi connectivity index (χ1v) is 11.5. The highest BCUT2D eigenvalue weighted by Gasteiger charge is 2.33. The summed E-state index contributed by atoms with van der Waals surface area (Å²) in [7, 11) is 0. The lowest BCUT2D eigenvalue weighted by Crippen LogP contribution is -2.33. The molecule has 0 aromatic rings. The lowest BCUT2D eigenvalue weighted by atomic mass is 9.80. The van der Waals surface area contributed by atoms with Crippen molar-refractivity contribution >= 4 is 11.9 Å². The topological polar surface area (TPSA) is 94.8 Å². The van der Waals surface area contributed by atoms with Crippen LogP contribution in [0.25, 0.3) is 0 Å². The van der Waals surface area contributed by atoms with Gasteiger partial charge in [0, 0.05) is 0 Å². The standard InChI is InChI=1S/C23H44O5/c1-4-6-8-10-12-13-15-19(22(25)26)18(3)17-20(23(27)28)21(24)16-14-11-9-7-5-2/h18-21,24H,4-17H2,1-3H3,(H,25,26)(H,27,28)/t18?,19-,20?,21?/m0/s1. The van der Waals surface area contributed by atoms with Gasteiger partial charge in [-0.3, -0.25) is 9.59 Å². The zero-order valence-corrected chi connectivity index (χ0v) is 18.4. The monoisotopic (exact) mass is 400 g/mol. The number of hydrogen-bond donors (Lipinski definition) is 3. The lowest BCUT2D eigenvalue weighted by molar-refractivity contribution is -0.150. The number of carbonyl (C=O) groups is 2. The average Bonchev–Trinajstić information content (AvgIpc) is 2.64. The highest BCUT2D eigenvalue weighted by molar-refractivity contribution is 5.72. The second-order valence-electron chi connectivity index (χ2n) is 8.43. The molecule has 0 aliphatic heterocycles. The third kappa shape index (κ3) is 12.4. The van der Waals surface area contributed by atoms with E-state index in [4.69, 9.17) is 0 Å². The molecule has 0 radical (unpaired) electrons. The van der Waals surface area contributed by atoms with E-state index in [0.29, 0.717) is 12.8 Å². The summed E-state index contributed by atoms with van der Waals surface area (Å²) in [6.45, 7) is 6.13. The first kappa shape index (κ1) is 26.9. The van der Waals surface area contributed by atoms with Crippen LogP contribution in [0, 0.1) is 17.8 Å². The molecule has 3 unspecified atom stereocenters. The van der Waals surface area contributed by atoms with Gasteiger partial charge in [0.05, 0.1) is 17.9 Å². The minimum Gasteiger partial charge on any atom is -0.481 e. The second-order valence-corrected chi connectivity index (χ2v) is 8.43. The summed E-state index contributed by atoms with van der Waals surface area (Å²) in [4.78, 5) is 23.3. The normalized spacial score (nSPS) is 15.7. The lowest BCUT2D eigenvalue weighted by Gasteiger charge is -2.26. The predicted molar refractivity (Wildman–Crippen MR) is 113 cm³/mol. The number of hydrogen-bond acceptors (Lipinski definition) is 3. The Morgan fingerprint density at radius 3 is 1.57 bits per heavy atom. The van der Waals surface area contributed by atoms with Crippen LogP contribution < -0.4 is 0 Å². The van der Waals surface area contributed by atoms with Crippen molar-refractivity contribution in [3.63, 3.8) is 0 Å². The molecule has 0 rings (SSSR count). The van der Waals surface area contributed by atoms with Crippen molar-refractivity contribution in [1.29, 1.82) is 0 Å². The Morgan fingerprint density at radius 1 is 0.679 bits per heavy atom. The van der Waals surface area contributed by atoms with E-state index in [-0.39, 0.29) is 12.3 Å². The molecule has 166 valence electrons. The Morgan fingerprint density at radius 2 is 1.11 bits per heavy atom. The smallest absolute Gasteiger partial charge is 0.309 e. The predicted octanol–water partition coefficient (Wildman–Crippen LogP) is 5.89. The van der Waals surface area contributed by atoms with Crippen molar-refractivity contribution in [1.82, 2.24) is 0 Å². The van der Waals surface area contributed by atoms with Gasteiger partial charge in [-0.1, -0.05) is 91.4 Å². The Kier molecular flexibility index (Phi) is 16.2. The molecule has 0 bridgehead atoms. The zero-order valence-electron chi connectivity index (χ0n) is 18.4. The van der Waals surface area contributed by atoms with Gasteiger partial charge in [0.1, 0.15) is 0 Å². The molecule has 3 N–H and O–H groups in total. The average molecular weight is 401 g/mol. The van der Waals surface area contributed by atoms with E-state index in [1.54, 1.807) is 0 Å². The van der Waals surface area contributed by atoms with E-state index >= 15 is 0 Å². The van der Waals surface area contributed by atoms with E-state index in [2.05, 4.69) is 13.8 Å². The minimum absolute atomic E-state index is 0.220. The van der Waals surface area contributed by atoms with Gasteiger partial charge in [0.15, 0.2) is 0 Å². The minimum atomic E-state index is -1.02. The van der Waals surface area contributed by atoms with Crippen molar-refractivity contribution in [3.05, 3.63) is 0 Å². The summed E-state index contributed by atoms with van der Waals surface area (Å²) in [6, 6.07) is 0. The largest absolute Gasteiger partial charge is 0.481 e. The Bertz CT molecular complexity index is 410. The van der Waals surface area contributed by atoms with Crippen LogP contribution in [0.1, 0.15) is 111 Å². The molecule has 0 aromatic heterocycles. The van der Waals surface area contributed by atoms with Gasteiger partial charge in [-0.2, -0.15) is 0 Å². The zero-order chi connectivity index (χ0) is 21.4. The number of aliphatic hydroxyl groups excluding tert-OH is 1. The summed E-state index contributed by atoms with van der Waals surface area (Å²) in [6.07, 6.45) is 12.2. The number of carboxylic acids is 2. The fourth-order valence-corrected chi connectivity index (χ4v) is 3.94. The third-order valence-corrected chi connectivity index (χ3v) is 5.88. The van der Waals surface area contributed by atoms with Gasteiger partial charge < -0.3 is 15.3 Å². The van der Waals surface area contributed by atoms with E-state index in [1.807, 2.05) is 6.92 Å². The molecule has 0 aliphatic carbocycles. The quantitative estimate of drug-likeness (QED) is 0.235. The summed E-state index contributed by atoms with van der Waals surface area (Å²) < 4.78 is 0. The molecule has 0 saturated heterocycles. The maximum Gasteiger partial charge on any atom is 0.309 e.